The Labute approximate surface area is 220 Å². The van der Waals surface area contributed by atoms with E-state index in [4.69, 9.17) is 14.3 Å². The average Bonchev–Trinajstić information content (AvgIpc) is 2.94. The van der Waals surface area contributed by atoms with E-state index in [2.05, 4.69) is 43.3 Å². The maximum atomic E-state index is 12.6. The van der Waals surface area contributed by atoms with E-state index < -0.39 is 23.7 Å². The minimum atomic E-state index is -1.01. The Hall–Kier alpha value is -3.03. The second-order valence-electron chi connectivity index (χ2n) is 9.57. The molecule has 0 aromatic heterocycles. The van der Waals surface area contributed by atoms with Crippen LogP contribution in [0.25, 0.3) is 0 Å². The molecule has 198 valence electrons. The fraction of sp³-hybridized carbons (Fsp3) is 0.387. The Kier molecular flexibility index (Phi) is 10.4. The highest BCUT2D eigenvalue weighted by Gasteiger charge is 2.38. The first kappa shape index (κ1) is 28.5. The fourth-order valence-corrected chi connectivity index (χ4v) is 4.83. The lowest BCUT2D eigenvalue weighted by Gasteiger charge is -2.37. The molecule has 0 spiro atoms. The average molecular weight is 506 g/mol. The predicted molar refractivity (Wildman–Crippen MR) is 145 cm³/mol. The molecule has 0 aliphatic carbocycles. The normalized spacial score (nSPS) is 15.0. The van der Waals surface area contributed by atoms with Gasteiger partial charge in [-0.25, -0.2) is 5.06 Å². The van der Waals surface area contributed by atoms with Gasteiger partial charge in [0.1, 0.15) is 5.60 Å². The molecule has 0 heterocycles. The third-order valence-electron chi connectivity index (χ3n) is 6.87. The van der Waals surface area contributed by atoms with Crippen molar-refractivity contribution in [2.45, 2.75) is 38.1 Å². The van der Waals surface area contributed by atoms with Crippen molar-refractivity contribution >= 4 is 5.91 Å². The Balaban J connectivity index is 1.86. The second-order valence-corrected chi connectivity index (χ2v) is 9.57. The Morgan fingerprint density at radius 3 is 1.65 bits per heavy atom. The van der Waals surface area contributed by atoms with Crippen molar-refractivity contribution in [2.24, 2.45) is 11.8 Å². The number of hydrogen-bond donors (Lipinski definition) is 1. The number of methoxy groups -OCH3 is 1. The number of aliphatic hydroxyl groups is 1. The summed E-state index contributed by atoms with van der Waals surface area (Å²) in [7, 11) is 4.32. The minimum absolute atomic E-state index is 0.0907. The van der Waals surface area contributed by atoms with Gasteiger partial charge in [-0.15, -0.1) is 0 Å². The standard InChI is InChI=1S/C31H39NO5/c1-23(21-24(2)28(33)29(35-4)30(34)32(3)36-5)22-37-31(25-15-9-6-10-16-25,26-17-11-7-12-18-26)27-19-13-8-14-20-27/h6-20,23-24,28-29,33H,21-22H2,1-5H3/t23-,24+,28+,29-/m0/s1. The van der Waals surface area contributed by atoms with Gasteiger partial charge < -0.3 is 14.6 Å². The lowest BCUT2D eigenvalue weighted by Crippen LogP contribution is -2.46. The molecule has 6 nitrogen and oxygen atoms in total. The van der Waals surface area contributed by atoms with E-state index in [1.807, 2.05) is 61.5 Å². The number of ether oxygens (including phenoxy) is 2. The molecule has 1 N–H and O–H groups in total. The summed E-state index contributed by atoms with van der Waals surface area (Å²) >= 11 is 0. The molecule has 0 saturated heterocycles. The zero-order chi connectivity index (χ0) is 26.8. The van der Waals surface area contributed by atoms with Crippen molar-refractivity contribution in [1.82, 2.24) is 5.06 Å². The topological polar surface area (TPSA) is 68.2 Å². The van der Waals surface area contributed by atoms with E-state index in [0.29, 0.717) is 13.0 Å². The number of hydrogen-bond acceptors (Lipinski definition) is 5. The number of likely N-dealkylation sites (N-methyl/N-ethyl adjacent to an activating group) is 1. The van der Waals surface area contributed by atoms with Gasteiger partial charge in [0.15, 0.2) is 6.10 Å². The third-order valence-corrected chi connectivity index (χ3v) is 6.87. The highest BCUT2D eigenvalue weighted by Crippen LogP contribution is 2.41. The number of nitrogens with zero attached hydrogens (tertiary/aromatic N) is 1. The molecule has 6 heteroatoms. The van der Waals surface area contributed by atoms with Gasteiger partial charge in [0.05, 0.1) is 19.8 Å². The molecule has 0 aliphatic heterocycles. The zero-order valence-electron chi connectivity index (χ0n) is 22.4. The lowest BCUT2D eigenvalue weighted by atomic mass is 9.80. The summed E-state index contributed by atoms with van der Waals surface area (Å²) in [5, 5.41) is 12.0. The third kappa shape index (κ3) is 6.65. The highest BCUT2D eigenvalue weighted by atomic mass is 16.7. The lowest BCUT2D eigenvalue weighted by molar-refractivity contribution is -0.187. The number of carbonyl (C=O) groups is 1. The van der Waals surface area contributed by atoms with E-state index in [-0.39, 0.29) is 11.8 Å². The van der Waals surface area contributed by atoms with E-state index in [1.165, 1.54) is 21.3 Å². The van der Waals surface area contributed by atoms with Crippen LogP contribution in [0.15, 0.2) is 91.0 Å². The number of rotatable bonds is 13. The first-order chi connectivity index (χ1) is 17.8. The first-order valence-corrected chi connectivity index (χ1v) is 12.7. The van der Waals surface area contributed by atoms with Crippen molar-refractivity contribution in [3.63, 3.8) is 0 Å². The molecule has 0 fully saturated rings. The van der Waals surface area contributed by atoms with Crippen LogP contribution in [-0.2, 0) is 24.7 Å². The van der Waals surface area contributed by atoms with Crippen LogP contribution in [0.5, 0.6) is 0 Å². The number of amides is 1. The molecule has 3 aromatic rings. The Morgan fingerprint density at radius 2 is 1.27 bits per heavy atom. The quantitative estimate of drug-likeness (QED) is 0.260. The molecule has 0 bridgehead atoms. The molecule has 0 aliphatic rings. The van der Waals surface area contributed by atoms with Crippen molar-refractivity contribution in [3.8, 4) is 0 Å². The molecule has 4 atom stereocenters. The van der Waals surface area contributed by atoms with Gasteiger partial charge in [-0.3, -0.25) is 9.63 Å². The zero-order valence-corrected chi connectivity index (χ0v) is 22.4. The van der Waals surface area contributed by atoms with E-state index in [1.54, 1.807) is 0 Å². The maximum absolute atomic E-state index is 12.6. The summed E-state index contributed by atoms with van der Waals surface area (Å²) in [5.41, 5.74) is 2.33. The summed E-state index contributed by atoms with van der Waals surface area (Å²) in [6.45, 7) is 4.46. The molecule has 0 saturated carbocycles. The van der Waals surface area contributed by atoms with Crippen molar-refractivity contribution in [1.29, 1.82) is 0 Å². The Morgan fingerprint density at radius 1 is 0.838 bits per heavy atom. The van der Waals surface area contributed by atoms with Gasteiger partial charge >= 0.3 is 0 Å². The monoisotopic (exact) mass is 505 g/mol. The summed E-state index contributed by atoms with van der Waals surface area (Å²) in [6, 6.07) is 30.8. The van der Waals surface area contributed by atoms with Crippen LogP contribution in [0.2, 0.25) is 0 Å². The number of aliphatic hydroxyl groups excluding tert-OH is 1. The van der Waals surface area contributed by atoms with Gasteiger partial charge in [0.25, 0.3) is 5.91 Å². The van der Waals surface area contributed by atoms with E-state index in [0.717, 1.165) is 21.8 Å². The van der Waals surface area contributed by atoms with Crippen molar-refractivity contribution in [3.05, 3.63) is 108 Å². The molecule has 3 rings (SSSR count). The van der Waals surface area contributed by atoms with Crippen LogP contribution in [0.1, 0.15) is 37.0 Å². The van der Waals surface area contributed by atoms with Crippen molar-refractivity contribution < 1.29 is 24.2 Å². The second kappa shape index (κ2) is 13.5. The maximum Gasteiger partial charge on any atom is 0.277 e. The molecule has 0 radical (unpaired) electrons. The fourth-order valence-electron chi connectivity index (χ4n) is 4.83. The summed E-state index contributed by atoms with van der Waals surface area (Å²) in [5.74, 6) is -0.547. The van der Waals surface area contributed by atoms with Gasteiger partial charge in [-0.2, -0.15) is 0 Å². The van der Waals surface area contributed by atoms with Crippen LogP contribution < -0.4 is 0 Å². The molecular formula is C31H39NO5. The SMILES string of the molecule is CO[C@H](C(=O)N(C)OC)[C@H](O)[C@H](C)C[C@H](C)COC(c1ccccc1)(c1ccccc1)c1ccccc1. The summed E-state index contributed by atoms with van der Waals surface area (Å²) < 4.78 is 12.2. The van der Waals surface area contributed by atoms with Crippen LogP contribution in [0.4, 0.5) is 0 Å². The molecule has 3 aromatic carbocycles. The van der Waals surface area contributed by atoms with Gasteiger partial charge in [-0.05, 0) is 34.9 Å². The largest absolute Gasteiger partial charge is 0.390 e. The van der Waals surface area contributed by atoms with Crippen LogP contribution in [0.3, 0.4) is 0 Å². The molecular weight excluding hydrogens is 466 g/mol. The summed E-state index contributed by atoms with van der Waals surface area (Å²) in [6.07, 6.45) is -1.36. The summed E-state index contributed by atoms with van der Waals surface area (Å²) in [4.78, 5) is 17.5. The first-order valence-electron chi connectivity index (χ1n) is 12.7. The number of benzene rings is 3. The smallest absolute Gasteiger partial charge is 0.277 e. The van der Waals surface area contributed by atoms with E-state index >= 15 is 0 Å². The molecule has 37 heavy (non-hydrogen) atoms. The number of hydroxylamine groups is 2. The van der Waals surface area contributed by atoms with Gasteiger partial charge in [-0.1, -0.05) is 105 Å². The highest BCUT2D eigenvalue weighted by molar-refractivity contribution is 5.80. The molecule has 0 unspecified atom stereocenters. The van der Waals surface area contributed by atoms with Crippen LogP contribution in [0, 0.1) is 11.8 Å². The van der Waals surface area contributed by atoms with E-state index in [9.17, 15) is 9.90 Å². The molecule has 1 amide bonds. The van der Waals surface area contributed by atoms with Gasteiger partial charge in [0.2, 0.25) is 0 Å². The Bertz CT molecular complexity index is 980. The van der Waals surface area contributed by atoms with Gasteiger partial charge in [0, 0.05) is 14.2 Å². The van der Waals surface area contributed by atoms with Crippen LogP contribution >= 0.6 is 0 Å². The van der Waals surface area contributed by atoms with Crippen LogP contribution in [-0.4, -0.2) is 56.2 Å². The minimum Gasteiger partial charge on any atom is -0.390 e. The number of carbonyl (C=O) groups excluding carboxylic acids is 1. The van der Waals surface area contributed by atoms with Crippen molar-refractivity contribution in [2.75, 3.05) is 27.9 Å². The predicted octanol–water partition coefficient (Wildman–Crippen LogP) is 5.05.